The Morgan fingerprint density at radius 1 is 1.48 bits per heavy atom. The van der Waals surface area contributed by atoms with E-state index >= 15 is 0 Å². The molecule has 0 bridgehead atoms. The molecular formula is C14H18N2O5. The van der Waals surface area contributed by atoms with Crippen molar-refractivity contribution in [2.24, 2.45) is 0 Å². The second-order valence-electron chi connectivity index (χ2n) is 4.82. The zero-order valence-electron chi connectivity index (χ0n) is 11.8. The number of hydrogen-bond acceptors (Lipinski definition) is 5. The van der Waals surface area contributed by atoms with Crippen molar-refractivity contribution in [1.29, 1.82) is 0 Å². The van der Waals surface area contributed by atoms with E-state index in [0.29, 0.717) is 30.7 Å². The van der Waals surface area contributed by atoms with E-state index in [1.807, 2.05) is 0 Å². The Hall–Kier alpha value is -1.96. The van der Waals surface area contributed by atoms with Gasteiger partial charge in [-0.15, -0.1) is 0 Å². The number of carbonyl (C=O) groups is 2. The van der Waals surface area contributed by atoms with Gasteiger partial charge in [0.1, 0.15) is 0 Å². The fraction of sp³-hybridized carbons (Fsp3) is 0.429. The number of fused-ring (bicyclic) bond motifs is 1. The summed E-state index contributed by atoms with van der Waals surface area (Å²) in [7, 11) is 0. The van der Waals surface area contributed by atoms with Crippen molar-refractivity contribution < 1.29 is 24.8 Å². The van der Waals surface area contributed by atoms with Crippen LogP contribution in [0.4, 0.5) is 11.4 Å². The highest BCUT2D eigenvalue weighted by Gasteiger charge is 2.20. The zero-order chi connectivity index (χ0) is 15.4. The van der Waals surface area contributed by atoms with Crippen LogP contribution in [0.15, 0.2) is 12.1 Å². The molecule has 7 nitrogen and oxygen atoms in total. The third-order valence-electron chi connectivity index (χ3n) is 3.36. The third-order valence-corrected chi connectivity index (χ3v) is 3.36. The molecule has 1 aliphatic rings. The van der Waals surface area contributed by atoms with E-state index in [4.69, 9.17) is 4.74 Å². The molecule has 2 rings (SSSR count). The van der Waals surface area contributed by atoms with Gasteiger partial charge < -0.3 is 15.3 Å². The lowest BCUT2D eigenvalue weighted by atomic mass is 9.97. The van der Waals surface area contributed by atoms with Crippen molar-refractivity contribution in [1.82, 2.24) is 0 Å². The van der Waals surface area contributed by atoms with Gasteiger partial charge >= 0.3 is 5.97 Å². The maximum Gasteiger partial charge on any atom is 0.306 e. The Labute approximate surface area is 122 Å². The van der Waals surface area contributed by atoms with Gasteiger partial charge in [0.05, 0.1) is 6.61 Å². The van der Waals surface area contributed by atoms with Crippen molar-refractivity contribution >= 4 is 23.3 Å². The fourth-order valence-electron chi connectivity index (χ4n) is 2.35. The molecule has 1 aliphatic heterocycles. The van der Waals surface area contributed by atoms with Gasteiger partial charge in [0, 0.05) is 30.2 Å². The molecule has 0 radical (unpaired) electrons. The van der Waals surface area contributed by atoms with Gasteiger partial charge in [0.15, 0.2) is 5.69 Å². The number of anilines is 1. The molecule has 0 aliphatic carbocycles. The quantitative estimate of drug-likeness (QED) is 0.541. The largest absolute Gasteiger partial charge is 0.595 e. The van der Waals surface area contributed by atoms with Crippen molar-refractivity contribution in [2.75, 3.05) is 11.9 Å². The minimum Gasteiger partial charge on any atom is -0.595 e. The highest BCUT2D eigenvalue weighted by molar-refractivity contribution is 5.94. The van der Waals surface area contributed by atoms with Crippen LogP contribution in [0.2, 0.25) is 0 Å². The standard InChI is InChI=1S/C14H18N2O5/c1-2-21-14(18)6-4-10-7-11-9(3-5-13(17)15-11)8-12(10)16(19)20/h7-8,16,19H,2-6H2,1H3,(H,15,17). The Morgan fingerprint density at radius 2 is 2.24 bits per heavy atom. The highest BCUT2D eigenvalue weighted by atomic mass is 16.8. The minimum absolute atomic E-state index is 0.0816. The number of benzene rings is 1. The number of ether oxygens (including phenoxy) is 1. The van der Waals surface area contributed by atoms with Gasteiger partial charge in [-0.3, -0.25) is 9.59 Å². The zero-order valence-corrected chi connectivity index (χ0v) is 11.8. The topological polar surface area (TPSA) is 103 Å². The first kappa shape index (κ1) is 15.4. The van der Waals surface area contributed by atoms with Crippen LogP contribution in [0.3, 0.4) is 0 Å². The maximum atomic E-state index is 11.4. The maximum absolute atomic E-state index is 11.4. The molecule has 114 valence electrons. The Bertz CT molecular complexity index is 557. The van der Waals surface area contributed by atoms with Gasteiger partial charge in [-0.2, -0.15) is 5.23 Å². The molecule has 1 atom stereocenters. The Morgan fingerprint density at radius 3 is 2.90 bits per heavy atom. The summed E-state index contributed by atoms with van der Waals surface area (Å²) in [5.41, 5.74) is 2.15. The van der Waals surface area contributed by atoms with E-state index in [9.17, 15) is 20.0 Å². The van der Waals surface area contributed by atoms with E-state index in [0.717, 1.165) is 5.56 Å². The first-order valence-electron chi connectivity index (χ1n) is 6.85. The Kier molecular flexibility index (Phi) is 4.89. The van der Waals surface area contributed by atoms with Crippen LogP contribution in [-0.2, 0) is 27.2 Å². The molecule has 0 saturated heterocycles. The Balaban J connectivity index is 2.23. The lowest BCUT2D eigenvalue weighted by Gasteiger charge is -2.22. The minimum atomic E-state index is -1.03. The van der Waals surface area contributed by atoms with Gasteiger partial charge in [0.2, 0.25) is 5.91 Å². The molecular weight excluding hydrogens is 276 g/mol. The number of nitrogens with one attached hydrogen (secondary N) is 2. The predicted octanol–water partition coefficient (Wildman–Crippen LogP) is 0.470. The van der Waals surface area contributed by atoms with Crippen LogP contribution >= 0.6 is 0 Å². The molecule has 1 aromatic rings. The monoisotopic (exact) mass is 294 g/mol. The molecule has 21 heavy (non-hydrogen) atoms. The summed E-state index contributed by atoms with van der Waals surface area (Å²) in [6.45, 7) is 2.01. The first-order chi connectivity index (χ1) is 10.0. The molecule has 3 N–H and O–H groups in total. The number of carbonyl (C=O) groups excluding carboxylic acids is 2. The first-order valence-corrected chi connectivity index (χ1v) is 6.85. The fourth-order valence-corrected chi connectivity index (χ4v) is 2.35. The summed E-state index contributed by atoms with van der Waals surface area (Å²) in [5, 5.41) is 22.3. The molecule has 0 fully saturated rings. The predicted molar refractivity (Wildman–Crippen MR) is 74.1 cm³/mol. The van der Waals surface area contributed by atoms with Crippen LogP contribution in [0, 0.1) is 5.21 Å². The number of quaternary nitrogens is 1. The van der Waals surface area contributed by atoms with Crippen molar-refractivity contribution in [3.63, 3.8) is 0 Å². The van der Waals surface area contributed by atoms with E-state index in [2.05, 4.69) is 5.32 Å². The van der Waals surface area contributed by atoms with Gasteiger partial charge in [0.25, 0.3) is 0 Å². The van der Waals surface area contributed by atoms with Gasteiger partial charge in [-0.1, -0.05) is 0 Å². The normalized spacial score (nSPS) is 15.1. The highest BCUT2D eigenvalue weighted by Crippen LogP contribution is 2.28. The molecule has 0 aromatic heterocycles. The average molecular weight is 294 g/mol. The molecule has 1 aromatic carbocycles. The summed E-state index contributed by atoms with van der Waals surface area (Å²) in [4.78, 5) is 22.8. The number of hydrogen-bond donors (Lipinski definition) is 3. The molecule has 1 heterocycles. The smallest absolute Gasteiger partial charge is 0.306 e. The number of aryl methyl sites for hydroxylation is 2. The average Bonchev–Trinajstić information content (AvgIpc) is 2.44. The third kappa shape index (κ3) is 3.78. The molecule has 7 heteroatoms. The lowest BCUT2D eigenvalue weighted by Crippen LogP contribution is -2.99. The summed E-state index contributed by atoms with van der Waals surface area (Å²) in [6.07, 6.45) is 1.26. The molecule has 1 unspecified atom stereocenters. The van der Waals surface area contributed by atoms with Crippen molar-refractivity contribution in [2.45, 2.75) is 32.6 Å². The van der Waals surface area contributed by atoms with E-state index in [1.165, 1.54) is 0 Å². The van der Waals surface area contributed by atoms with E-state index in [1.54, 1.807) is 19.1 Å². The van der Waals surface area contributed by atoms with Gasteiger partial charge in [-0.25, -0.2) is 5.21 Å². The molecule has 0 spiro atoms. The van der Waals surface area contributed by atoms with Crippen LogP contribution in [0.1, 0.15) is 30.9 Å². The lowest BCUT2D eigenvalue weighted by molar-refractivity contribution is -0.991. The number of rotatable bonds is 5. The summed E-state index contributed by atoms with van der Waals surface area (Å²) in [5.74, 6) is -0.447. The number of amides is 1. The second kappa shape index (κ2) is 6.66. The van der Waals surface area contributed by atoms with Crippen LogP contribution < -0.4 is 10.5 Å². The van der Waals surface area contributed by atoms with Crippen molar-refractivity contribution in [3.05, 3.63) is 28.5 Å². The molecule has 1 amide bonds. The second-order valence-corrected chi connectivity index (χ2v) is 4.82. The van der Waals surface area contributed by atoms with E-state index < -0.39 is 5.23 Å². The van der Waals surface area contributed by atoms with Crippen LogP contribution in [-0.4, -0.2) is 23.7 Å². The summed E-state index contributed by atoms with van der Waals surface area (Å²) < 4.78 is 4.84. The van der Waals surface area contributed by atoms with Crippen LogP contribution in [0.5, 0.6) is 0 Å². The number of esters is 1. The van der Waals surface area contributed by atoms with Crippen LogP contribution in [0.25, 0.3) is 0 Å². The summed E-state index contributed by atoms with van der Waals surface area (Å²) >= 11 is 0. The van der Waals surface area contributed by atoms with Crippen molar-refractivity contribution in [3.8, 4) is 0 Å². The SMILES string of the molecule is CCOC(=O)CCc1cc2c(cc1[NH+]([O-])O)CCC(=O)N2. The van der Waals surface area contributed by atoms with Gasteiger partial charge in [-0.05, 0) is 31.4 Å². The summed E-state index contributed by atoms with van der Waals surface area (Å²) in [6, 6.07) is 3.23. The molecule has 0 saturated carbocycles. The van der Waals surface area contributed by atoms with E-state index in [-0.39, 0.29) is 30.4 Å².